The molecule has 3 aromatic rings. The fourth-order valence-corrected chi connectivity index (χ4v) is 3.48. The van der Waals surface area contributed by atoms with Crippen LogP contribution in [0.25, 0.3) is 0 Å². The number of hydrogen-bond donors (Lipinski definition) is 2. The van der Waals surface area contributed by atoms with Gasteiger partial charge in [0.25, 0.3) is 11.8 Å². The zero-order chi connectivity index (χ0) is 25.4. The standard InChI is InChI=1S/C26H27FN2O6/c1-32-20-10-6-17(7-11-20)21(12-16-4-8-19(27)9-5-16)29-26(31)18-13-22(33-2)25(23(14-18)34-3)35-15-24(28)30/h4-11,13-14,21H,12,15H2,1-3H3,(H2,28,30)(H,29,31). The van der Waals surface area contributed by atoms with Crippen LogP contribution in [0.2, 0.25) is 0 Å². The van der Waals surface area contributed by atoms with Crippen LogP contribution in [0.15, 0.2) is 60.7 Å². The van der Waals surface area contributed by atoms with Gasteiger partial charge in [0.1, 0.15) is 11.6 Å². The smallest absolute Gasteiger partial charge is 0.255 e. The summed E-state index contributed by atoms with van der Waals surface area (Å²) in [5, 5.41) is 3.02. The first-order chi connectivity index (χ1) is 16.8. The van der Waals surface area contributed by atoms with Crippen molar-refractivity contribution in [1.82, 2.24) is 5.32 Å². The number of carbonyl (C=O) groups is 2. The van der Waals surface area contributed by atoms with Gasteiger partial charge in [0.2, 0.25) is 5.75 Å². The number of nitrogens with one attached hydrogen (secondary N) is 1. The molecule has 0 saturated heterocycles. The van der Waals surface area contributed by atoms with Gasteiger partial charge in [0, 0.05) is 5.56 Å². The number of ether oxygens (including phenoxy) is 4. The lowest BCUT2D eigenvalue weighted by Crippen LogP contribution is -2.30. The van der Waals surface area contributed by atoms with E-state index >= 15 is 0 Å². The summed E-state index contributed by atoms with van der Waals surface area (Å²) < 4.78 is 34.7. The molecular formula is C26H27FN2O6. The average molecular weight is 483 g/mol. The molecule has 184 valence electrons. The Morgan fingerprint density at radius 1 is 0.914 bits per heavy atom. The van der Waals surface area contributed by atoms with E-state index in [4.69, 9.17) is 24.7 Å². The Morgan fingerprint density at radius 3 is 2.03 bits per heavy atom. The van der Waals surface area contributed by atoms with Crippen molar-refractivity contribution < 1.29 is 32.9 Å². The molecular weight excluding hydrogens is 455 g/mol. The Labute approximate surface area is 202 Å². The Balaban J connectivity index is 1.91. The van der Waals surface area contributed by atoms with E-state index in [0.29, 0.717) is 12.2 Å². The summed E-state index contributed by atoms with van der Waals surface area (Å²) in [6.07, 6.45) is 0.423. The first kappa shape index (κ1) is 25.4. The number of carbonyl (C=O) groups excluding carboxylic acids is 2. The zero-order valence-corrected chi connectivity index (χ0v) is 19.7. The van der Waals surface area contributed by atoms with Crippen molar-refractivity contribution >= 4 is 11.8 Å². The van der Waals surface area contributed by atoms with Crippen LogP contribution >= 0.6 is 0 Å². The number of nitrogens with two attached hydrogens (primary N) is 1. The fraction of sp³-hybridized carbons (Fsp3) is 0.231. The topological polar surface area (TPSA) is 109 Å². The molecule has 0 aliphatic heterocycles. The summed E-state index contributed by atoms with van der Waals surface area (Å²) in [7, 11) is 4.38. The third kappa shape index (κ3) is 6.63. The van der Waals surface area contributed by atoms with Crippen molar-refractivity contribution in [3.8, 4) is 23.0 Å². The quantitative estimate of drug-likeness (QED) is 0.434. The highest BCUT2D eigenvalue weighted by molar-refractivity contribution is 5.96. The Bertz CT molecular complexity index is 1140. The van der Waals surface area contributed by atoms with Crippen LogP contribution in [-0.4, -0.2) is 39.8 Å². The number of primary amides is 1. The molecule has 1 atom stereocenters. The van der Waals surface area contributed by atoms with E-state index in [1.807, 2.05) is 12.1 Å². The lowest BCUT2D eigenvalue weighted by atomic mass is 9.98. The van der Waals surface area contributed by atoms with E-state index in [0.717, 1.165) is 11.1 Å². The van der Waals surface area contributed by atoms with Gasteiger partial charge in [-0.2, -0.15) is 0 Å². The maximum absolute atomic E-state index is 13.4. The van der Waals surface area contributed by atoms with Gasteiger partial charge in [-0.05, 0) is 53.9 Å². The molecule has 0 aromatic heterocycles. The van der Waals surface area contributed by atoms with E-state index in [2.05, 4.69) is 5.32 Å². The van der Waals surface area contributed by atoms with Crippen LogP contribution < -0.4 is 30.0 Å². The molecule has 0 bridgehead atoms. The summed E-state index contributed by atoms with van der Waals surface area (Å²) >= 11 is 0. The maximum atomic E-state index is 13.4. The van der Waals surface area contributed by atoms with Gasteiger partial charge in [0.15, 0.2) is 18.1 Å². The first-order valence-electron chi connectivity index (χ1n) is 10.7. The molecule has 0 heterocycles. The highest BCUT2D eigenvalue weighted by Gasteiger charge is 2.21. The maximum Gasteiger partial charge on any atom is 0.255 e. The predicted molar refractivity (Wildman–Crippen MR) is 128 cm³/mol. The van der Waals surface area contributed by atoms with Crippen LogP contribution in [0, 0.1) is 5.82 Å². The fourth-order valence-electron chi connectivity index (χ4n) is 3.48. The van der Waals surface area contributed by atoms with Crippen LogP contribution in [0.5, 0.6) is 23.0 Å². The number of methoxy groups -OCH3 is 3. The Morgan fingerprint density at radius 2 is 1.51 bits per heavy atom. The molecule has 0 aliphatic rings. The van der Waals surface area contributed by atoms with E-state index in [9.17, 15) is 14.0 Å². The molecule has 1 unspecified atom stereocenters. The second kappa shape index (κ2) is 11.7. The first-order valence-corrected chi connectivity index (χ1v) is 10.7. The van der Waals surface area contributed by atoms with E-state index in [1.54, 1.807) is 31.4 Å². The largest absolute Gasteiger partial charge is 0.497 e. The van der Waals surface area contributed by atoms with Crippen LogP contribution in [-0.2, 0) is 11.2 Å². The number of benzene rings is 3. The van der Waals surface area contributed by atoms with Crippen LogP contribution in [0.3, 0.4) is 0 Å². The third-order valence-corrected chi connectivity index (χ3v) is 5.26. The van der Waals surface area contributed by atoms with Gasteiger partial charge in [0.05, 0.1) is 27.4 Å². The van der Waals surface area contributed by atoms with Crippen molar-refractivity contribution in [2.45, 2.75) is 12.5 Å². The molecule has 8 nitrogen and oxygen atoms in total. The van der Waals surface area contributed by atoms with Gasteiger partial charge in [-0.15, -0.1) is 0 Å². The predicted octanol–water partition coefficient (Wildman–Crippen LogP) is 3.43. The molecule has 0 spiro atoms. The third-order valence-electron chi connectivity index (χ3n) is 5.26. The molecule has 0 radical (unpaired) electrons. The van der Waals surface area contributed by atoms with E-state index in [1.165, 1.54) is 38.5 Å². The van der Waals surface area contributed by atoms with Crippen LogP contribution in [0.4, 0.5) is 4.39 Å². The summed E-state index contributed by atoms with van der Waals surface area (Å²) in [6, 6.07) is 16.0. The van der Waals surface area contributed by atoms with Crippen LogP contribution in [0.1, 0.15) is 27.5 Å². The van der Waals surface area contributed by atoms with Crippen molar-refractivity contribution in [3.63, 3.8) is 0 Å². The van der Waals surface area contributed by atoms with E-state index in [-0.39, 0.29) is 35.2 Å². The minimum atomic E-state index is -0.668. The van der Waals surface area contributed by atoms with Gasteiger partial charge in [-0.1, -0.05) is 24.3 Å². The molecule has 0 saturated carbocycles. The lowest BCUT2D eigenvalue weighted by molar-refractivity contribution is -0.120. The Kier molecular flexibility index (Phi) is 8.50. The molecule has 3 rings (SSSR count). The molecule has 3 N–H and O–H groups in total. The van der Waals surface area contributed by atoms with Crippen molar-refractivity contribution in [2.75, 3.05) is 27.9 Å². The molecule has 3 aromatic carbocycles. The highest BCUT2D eigenvalue weighted by atomic mass is 19.1. The molecule has 9 heteroatoms. The second-order valence-electron chi connectivity index (χ2n) is 7.59. The molecule has 0 fully saturated rings. The van der Waals surface area contributed by atoms with E-state index < -0.39 is 17.9 Å². The summed E-state index contributed by atoms with van der Waals surface area (Å²) in [5.41, 5.74) is 7.10. The van der Waals surface area contributed by atoms with Gasteiger partial charge in [-0.3, -0.25) is 9.59 Å². The van der Waals surface area contributed by atoms with Gasteiger partial charge >= 0.3 is 0 Å². The zero-order valence-electron chi connectivity index (χ0n) is 19.7. The number of amides is 2. The van der Waals surface area contributed by atoms with Crippen molar-refractivity contribution in [2.24, 2.45) is 5.73 Å². The SMILES string of the molecule is COc1ccc(C(Cc2ccc(F)cc2)NC(=O)c2cc(OC)c(OCC(N)=O)c(OC)c2)cc1. The number of halogens is 1. The molecule has 35 heavy (non-hydrogen) atoms. The summed E-state index contributed by atoms with van der Waals surface area (Å²) in [4.78, 5) is 24.4. The molecule has 2 amide bonds. The monoisotopic (exact) mass is 482 g/mol. The van der Waals surface area contributed by atoms with Gasteiger partial charge in [-0.25, -0.2) is 4.39 Å². The normalized spacial score (nSPS) is 11.3. The summed E-state index contributed by atoms with van der Waals surface area (Å²) in [6.45, 7) is -0.379. The minimum Gasteiger partial charge on any atom is -0.497 e. The summed E-state index contributed by atoms with van der Waals surface area (Å²) in [5.74, 6) is -0.155. The van der Waals surface area contributed by atoms with Gasteiger partial charge < -0.3 is 30.0 Å². The van der Waals surface area contributed by atoms with Crippen molar-refractivity contribution in [3.05, 3.63) is 83.2 Å². The Hall–Kier alpha value is -4.27. The average Bonchev–Trinajstić information content (AvgIpc) is 2.87. The lowest BCUT2D eigenvalue weighted by Gasteiger charge is -2.21. The second-order valence-corrected chi connectivity index (χ2v) is 7.59. The number of hydrogen-bond acceptors (Lipinski definition) is 6. The molecule has 0 aliphatic carbocycles. The number of rotatable bonds is 11. The van der Waals surface area contributed by atoms with Crippen molar-refractivity contribution in [1.29, 1.82) is 0 Å². The minimum absolute atomic E-state index is 0.156. The highest BCUT2D eigenvalue weighted by Crippen LogP contribution is 2.38.